The smallest absolute Gasteiger partial charge is 0.437 e. The molecule has 2 N–H and O–H groups in total. The number of carbonyl (C=O) groups is 2. The lowest BCUT2D eigenvalue weighted by molar-refractivity contribution is 0.0356. The standard InChI is InChI=1S/C28H38BrN3O8S/c1-9-14-37-41(35,36)20-12-10-18(2)23(16-20)38-22-13-11-19(15-21(22)29)17-32(26(34)40-28(6,7)8)24(30)31-25(33)39-27(3,4)5/h10-13,15-16H,9,14,17H2,1-8H3,(H2,30,31,33). The fourth-order valence-corrected chi connectivity index (χ4v) is 4.64. The van der Waals surface area contributed by atoms with Crippen molar-refractivity contribution in [3.63, 3.8) is 0 Å². The largest absolute Gasteiger partial charge is 0.456 e. The van der Waals surface area contributed by atoms with Gasteiger partial charge in [0.05, 0.1) is 22.5 Å². The van der Waals surface area contributed by atoms with Crippen LogP contribution in [0.4, 0.5) is 9.59 Å². The maximum Gasteiger partial charge on any atom is 0.437 e. The highest BCUT2D eigenvalue weighted by Crippen LogP contribution is 2.34. The maximum atomic E-state index is 13.0. The van der Waals surface area contributed by atoms with Crippen LogP contribution in [0.2, 0.25) is 0 Å². The minimum Gasteiger partial charge on any atom is -0.456 e. The van der Waals surface area contributed by atoms with Crippen LogP contribution < -0.4 is 10.5 Å². The molecule has 0 atom stereocenters. The van der Waals surface area contributed by atoms with Crippen molar-refractivity contribution in [1.82, 2.24) is 4.90 Å². The average Bonchev–Trinajstić information content (AvgIpc) is 2.81. The zero-order valence-corrected chi connectivity index (χ0v) is 27.0. The van der Waals surface area contributed by atoms with Crippen molar-refractivity contribution in [2.75, 3.05) is 6.61 Å². The van der Waals surface area contributed by atoms with Gasteiger partial charge in [-0.15, -0.1) is 4.99 Å². The van der Waals surface area contributed by atoms with Gasteiger partial charge in [-0.1, -0.05) is 19.1 Å². The SMILES string of the molecule is CCCOS(=O)(=O)c1ccc(C)c(Oc2ccc(CN(C(=O)OC(C)(C)C)C(N)=NC(=O)OC(C)(C)C)cc2Br)c1. The molecule has 2 aromatic carbocycles. The van der Waals surface area contributed by atoms with E-state index in [4.69, 9.17) is 24.1 Å². The number of nitrogens with zero attached hydrogens (tertiary/aromatic N) is 2. The second-order valence-corrected chi connectivity index (χ2v) is 13.6. The molecule has 0 bridgehead atoms. The van der Waals surface area contributed by atoms with E-state index in [0.717, 1.165) is 4.90 Å². The van der Waals surface area contributed by atoms with Crippen LogP contribution in [-0.4, -0.2) is 49.3 Å². The van der Waals surface area contributed by atoms with E-state index >= 15 is 0 Å². The summed E-state index contributed by atoms with van der Waals surface area (Å²) < 4.78 is 47.1. The molecule has 226 valence electrons. The number of halogens is 1. The Morgan fingerprint density at radius 2 is 1.61 bits per heavy atom. The van der Waals surface area contributed by atoms with Gasteiger partial charge in [0.25, 0.3) is 10.1 Å². The van der Waals surface area contributed by atoms with E-state index in [1.165, 1.54) is 12.1 Å². The van der Waals surface area contributed by atoms with Gasteiger partial charge in [0.2, 0.25) is 5.96 Å². The third kappa shape index (κ3) is 11.0. The Bertz CT molecular complexity index is 1400. The first-order valence-electron chi connectivity index (χ1n) is 12.9. The van der Waals surface area contributed by atoms with Gasteiger partial charge in [-0.05, 0) is 100 Å². The number of guanidine groups is 1. The minimum atomic E-state index is -3.93. The highest BCUT2D eigenvalue weighted by atomic mass is 79.9. The number of aryl methyl sites for hydroxylation is 1. The van der Waals surface area contributed by atoms with Crippen molar-refractivity contribution >= 4 is 44.2 Å². The highest BCUT2D eigenvalue weighted by molar-refractivity contribution is 9.10. The molecule has 0 fully saturated rings. The summed E-state index contributed by atoms with van der Waals surface area (Å²) in [4.78, 5) is 29.9. The molecule has 0 aromatic heterocycles. The maximum absolute atomic E-state index is 13.0. The number of rotatable bonds is 8. The number of hydrogen-bond acceptors (Lipinski definition) is 8. The molecule has 0 radical (unpaired) electrons. The van der Waals surface area contributed by atoms with Gasteiger partial charge in [0.15, 0.2) is 0 Å². The average molecular weight is 657 g/mol. The van der Waals surface area contributed by atoms with Crippen LogP contribution in [-0.2, 0) is 30.3 Å². The monoisotopic (exact) mass is 655 g/mol. The Morgan fingerprint density at radius 3 is 2.17 bits per heavy atom. The molecule has 0 aliphatic carbocycles. The van der Waals surface area contributed by atoms with Gasteiger partial charge in [0.1, 0.15) is 22.7 Å². The number of hydrogen-bond donors (Lipinski definition) is 1. The number of aliphatic imine (C=N–C) groups is 1. The molecule has 0 aliphatic heterocycles. The van der Waals surface area contributed by atoms with Crippen molar-refractivity contribution in [1.29, 1.82) is 0 Å². The summed E-state index contributed by atoms with van der Waals surface area (Å²) >= 11 is 3.47. The molecule has 2 amide bonds. The third-order valence-corrected chi connectivity index (χ3v) is 6.87. The fraction of sp³-hybridized carbons (Fsp3) is 0.464. The van der Waals surface area contributed by atoms with Crippen molar-refractivity contribution < 1.29 is 36.4 Å². The van der Waals surface area contributed by atoms with Crippen molar-refractivity contribution in [3.05, 3.63) is 52.0 Å². The number of amides is 2. The predicted octanol–water partition coefficient (Wildman–Crippen LogP) is 6.65. The minimum absolute atomic E-state index is 0.0213. The van der Waals surface area contributed by atoms with E-state index in [9.17, 15) is 18.0 Å². The summed E-state index contributed by atoms with van der Waals surface area (Å²) in [6.45, 7) is 13.7. The van der Waals surface area contributed by atoms with Crippen LogP contribution in [0.15, 0.2) is 50.8 Å². The number of nitrogens with two attached hydrogens (primary N) is 1. The van der Waals surface area contributed by atoms with Gasteiger partial charge in [-0.25, -0.2) is 14.5 Å². The first-order chi connectivity index (χ1) is 18.8. The van der Waals surface area contributed by atoms with Crippen molar-refractivity contribution in [3.8, 4) is 11.5 Å². The predicted molar refractivity (Wildman–Crippen MR) is 158 cm³/mol. The van der Waals surface area contributed by atoms with Crippen LogP contribution in [0.5, 0.6) is 11.5 Å². The van der Waals surface area contributed by atoms with Gasteiger partial charge < -0.3 is 19.9 Å². The Hall–Kier alpha value is -3.16. The van der Waals surface area contributed by atoms with E-state index < -0.39 is 39.5 Å². The van der Waals surface area contributed by atoms with Crippen LogP contribution in [0.3, 0.4) is 0 Å². The Morgan fingerprint density at radius 1 is 0.976 bits per heavy atom. The molecule has 0 saturated heterocycles. The van der Waals surface area contributed by atoms with Gasteiger partial charge in [0, 0.05) is 6.07 Å². The van der Waals surface area contributed by atoms with E-state index in [-0.39, 0.29) is 18.0 Å². The molecule has 11 nitrogen and oxygen atoms in total. The lowest BCUT2D eigenvalue weighted by atomic mass is 10.2. The van der Waals surface area contributed by atoms with Crippen LogP contribution in [0, 0.1) is 6.92 Å². The van der Waals surface area contributed by atoms with Gasteiger partial charge in [-0.3, -0.25) is 4.18 Å². The van der Waals surface area contributed by atoms with Crippen LogP contribution in [0.25, 0.3) is 0 Å². The van der Waals surface area contributed by atoms with E-state index in [2.05, 4.69) is 20.9 Å². The van der Waals surface area contributed by atoms with Crippen molar-refractivity contribution in [2.45, 2.75) is 84.5 Å². The Labute approximate surface area is 250 Å². The topological polar surface area (TPSA) is 147 Å². The van der Waals surface area contributed by atoms with E-state index in [1.807, 2.05) is 6.92 Å². The van der Waals surface area contributed by atoms with Crippen LogP contribution >= 0.6 is 15.9 Å². The van der Waals surface area contributed by atoms with E-state index in [0.29, 0.717) is 33.5 Å². The zero-order chi connectivity index (χ0) is 31.2. The molecule has 2 rings (SSSR count). The first-order valence-corrected chi connectivity index (χ1v) is 15.1. The fourth-order valence-electron chi connectivity index (χ4n) is 3.13. The Balaban J connectivity index is 2.35. The van der Waals surface area contributed by atoms with Gasteiger partial charge >= 0.3 is 12.2 Å². The third-order valence-electron chi connectivity index (χ3n) is 4.94. The molecule has 13 heteroatoms. The van der Waals surface area contributed by atoms with Gasteiger partial charge in [-0.2, -0.15) is 8.42 Å². The summed E-state index contributed by atoms with van der Waals surface area (Å²) in [6.07, 6.45) is -1.21. The number of benzene rings is 2. The molecule has 0 aliphatic rings. The number of ether oxygens (including phenoxy) is 3. The summed E-state index contributed by atoms with van der Waals surface area (Å²) in [5.74, 6) is 0.313. The Kier molecular flexibility index (Phi) is 11.3. The summed E-state index contributed by atoms with van der Waals surface area (Å²) in [7, 11) is -3.93. The zero-order valence-electron chi connectivity index (χ0n) is 24.6. The summed E-state index contributed by atoms with van der Waals surface area (Å²) in [5, 5.41) is 0. The quantitative estimate of drug-likeness (QED) is 0.187. The molecule has 0 heterocycles. The lowest BCUT2D eigenvalue weighted by Gasteiger charge is -2.27. The highest BCUT2D eigenvalue weighted by Gasteiger charge is 2.27. The number of carbonyl (C=O) groups excluding carboxylic acids is 2. The molecule has 0 saturated carbocycles. The van der Waals surface area contributed by atoms with Crippen molar-refractivity contribution in [2.24, 2.45) is 10.7 Å². The molecule has 0 spiro atoms. The van der Waals surface area contributed by atoms with E-state index in [1.54, 1.807) is 72.7 Å². The molecule has 0 unspecified atom stereocenters. The summed E-state index contributed by atoms with van der Waals surface area (Å²) in [5.41, 5.74) is 5.72. The van der Waals surface area contributed by atoms with Crippen LogP contribution in [0.1, 0.15) is 66.0 Å². The second kappa shape index (κ2) is 13.7. The molecular weight excluding hydrogens is 618 g/mol. The molecule has 41 heavy (non-hydrogen) atoms. The first kappa shape index (κ1) is 34.0. The molecule has 2 aromatic rings. The lowest BCUT2D eigenvalue weighted by Crippen LogP contribution is -2.44. The summed E-state index contributed by atoms with van der Waals surface area (Å²) in [6, 6.07) is 9.50. The molecular formula is C28H38BrN3O8S. The normalized spacial score (nSPS) is 12.6. The second-order valence-electron chi connectivity index (χ2n) is 11.1.